The monoisotopic (exact) mass is 250 g/mol. The molecule has 1 atom stereocenters. The van der Waals surface area contributed by atoms with E-state index in [0.29, 0.717) is 6.04 Å². The highest BCUT2D eigenvalue weighted by atomic mass is 16.5. The third-order valence-corrected chi connectivity index (χ3v) is 3.07. The van der Waals surface area contributed by atoms with Crippen molar-refractivity contribution in [2.24, 2.45) is 5.92 Å². The summed E-state index contributed by atoms with van der Waals surface area (Å²) in [6.45, 7) is 7.40. The van der Waals surface area contributed by atoms with E-state index in [4.69, 9.17) is 4.74 Å². The van der Waals surface area contributed by atoms with Gasteiger partial charge >= 0.3 is 0 Å². The smallest absolute Gasteiger partial charge is 0.137 e. The molecule has 3 heteroatoms. The molecular weight excluding hydrogens is 224 g/mol. The number of ether oxygens (including phenoxy) is 1. The van der Waals surface area contributed by atoms with Crippen LogP contribution in [0.1, 0.15) is 51.8 Å². The quantitative estimate of drug-likeness (QED) is 0.716. The van der Waals surface area contributed by atoms with E-state index in [-0.39, 0.29) is 0 Å². The van der Waals surface area contributed by atoms with Gasteiger partial charge in [-0.15, -0.1) is 0 Å². The minimum Gasteiger partial charge on any atom is -0.492 e. The van der Waals surface area contributed by atoms with E-state index in [1.165, 1.54) is 6.42 Å². The molecule has 0 aliphatic carbocycles. The molecule has 0 aliphatic heterocycles. The number of hydrogen-bond acceptors (Lipinski definition) is 3. The highest BCUT2D eigenvalue weighted by molar-refractivity contribution is 5.21. The topological polar surface area (TPSA) is 34.1 Å². The van der Waals surface area contributed by atoms with Crippen LogP contribution in [0, 0.1) is 5.92 Å². The Labute approximate surface area is 111 Å². The molecule has 0 saturated carbocycles. The van der Waals surface area contributed by atoms with Gasteiger partial charge in [0.1, 0.15) is 5.75 Å². The average Bonchev–Trinajstić information content (AvgIpc) is 2.37. The summed E-state index contributed by atoms with van der Waals surface area (Å²) < 4.78 is 5.68. The van der Waals surface area contributed by atoms with Crippen LogP contribution in [0.4, 0.5) is 0 Å². The van der Waals surface area contributed by atoms with E-state index in [2.05, 4.69) is 31.1 Å². The molecule has 1 unspecified atom stereocenters. The third-order valence-electron chi connectivity index (χ3n) is 3.07. The van der Waals surface area contributed by atoms with E-state index < -0.39 is 0 Å². The predicted octanol–water partition coefficient (Wildman–Crippen LogP) is 3.57. The van der Waals surface area contributed by atoms with Crippen LogP contribution in [0.2, 0.25) is 0 Å². The van der Waals surface area contributed by atoms with Gasteiger partial charge in [-0.3, -0.25) is 4.98 Å². The SMILES string of the molecule is CCC(NC)c1ccc(OCCCC(C)C)cn1. The fourth-order valence-corrected chi connectivity index (χ4v) is 1.93. The highest BCUT2D eigenvalue weighted by Crippen LogP contribution is 2.17. The maximum atomic E-state index is 5.68. The van der Waals surface area contributed by atoms with Gasteiger partial charge < -0.3 is 10.1 Å². The van der Waals surface area contributed by atoms with Crippen LogP contribution in [-0.4, -0.2) is 18.6 Å². The van der Waals surface area contributed by atoms with E-state index in [1.54, 1.807) is 0 Å². The van der Waals surface area contributed by atoms with Gasteiger partial charge in [0.25, 0.3) is 0 Å². The zero-order chi connectivity index (χ0) is 13.4. The summed E-state index contributed by atoms with van der Waals surface area (Å²) >= 11 is 0. The molecule has 0 saturated heterocycles. The van der Waals surface area contributed by atoms with Gasteiger partial charge in [-0.25, -0.2) is 0 Å². The lowest BCUT2D eigenvalue weighted by molar-refractivity contribution is 0.296. The number of nitrogens with one attached hydrogen (secondary N) is 1. The van der Waals surface area contributed by atoms with Crippen LogP contribution in [-0.2, 0) is 0 Å². The summed E-state index contributed by atoms with van der Waals surface area (Å²) in [5, 5.41) is 3.25. The predicted molar refractivity (Wildman–Crippen MR) is 75.9 cm³/mol. The van der Waals surface area contributed by atoms with Crippen LogP contribution < -0.4 is 10.1 Å². The van der Waals surface area contributed by atoms with Crippen molar-refractivity contribution in [3.8, 4) is 5.75 Å². The maximum Gasteiger partial charge on any atom is 0.137 e. The highest BCUT2D eigenvalue weighted by Gasteiger charge is 2.07. The average molecular weight is 250 g/mol. The molecule has 0 amide bonds. The van der Waals surface area contributed by atoms with Gasteiger partial charge in [0.15, 0.2) is 0 Å². The van der Waals surface area contributed by atoms with Crippen molar-refractivity contribution < 1.29 is 4.74 Å². The summed E-state index contributed by atoms with van der Waals surface area (Å²) in [5.74, 6) is 1.61. The van der Waals surface area contributed by atoms with Crippen LogP contribution in [0.3, 0.4) is 0 Å². The molecule has 3 nitrogen and oxygen atoms in total. The second-order valence-electron chi connectivity index (χ2n) is 5.05. The zero-order valence-electron chi connectivity index (χ0n) is 12.1. The molecule has 18 heavy (non-hydrogen) atoms. The molecule has 0 aromatic carbocycles. The summed E-state index contributed by atoms with van der Waals surface area (Å²) in [6.07, 6.45) is 5.18. The molecule has 0 bridgehead atoms. The first-order valence-corrected chi connectivity index (χ1v) is 6.93. The lowest BCUT2D eigenvalue weighted by atomic mass is 10.1. The third kappa shape index (κ3) is 5.05. The second kappa shape index (κ2) is 8.09. The van der Waals surface area contributed by atoms with Gasteiger partial charge in [-0.05, 0) is 44.4 Å². The van der Waals surface area contributed by atoms with Crippen molar-refractivity contribution in [3.05, 3.63) is 24.0 Å². The van der Waals surface area contributed by atoms with Crippen LogP contribution in [0.15, 0.2) is 18.3 Å². The molecule has 0 aliphatic rings. The van der Waals surface area contributed by atoms with Crippen molar-refractivity contribution in [2.75, 3.05) is 13.7 Å². The van der Waals surface area contributed by atoms with Crippen molar-refractivity contribution in [2.45, 2.75) is 46.1 Å². The molecule has 1 aromatic rings. The Kier molecular flexibility index (Phi) is 6.73. The van der Waals surface area contributed by atoms with Gasteiger partial charge in [0.2, 0.25) is 0 Å². The summed E-state index contributed by atoms with van der Waals surface area (Å²) in [7, 11) is 1.96. The summed E-state index contributed by atoms with van der Waals surface area (Å²) in [4.78, 5) is 4.45. The Morgan fingerprint density at radius 2 is 2.11 bits per heavy atom. The van der Waals surface area contributed by atoms with Crippen molar-refractivity contribution in [3.63, 3.8) is 0 Å². The van der Waals surface area contributed by atoms with Crippen LogP contribution >= 0.6 is 0 Å². The van der Waals surface area contributed by atoms with E-state index >= 15 is 0 Å². The van der Waals surface area contributed by atoms with Crippen molar-refractivity contribution >= 4 is 0 Å². The van der Waals surface area contributed by atoms with Crippen LogP contribution in [0.25, 0.3) is 0 Å². The lowest BCUT2D eigenvalue weighted by Crippen LogP contribution is -2.16. The molecule has 0 radical (unpaired) electrons. The molecule has 0 fully saturated rings. The van der Waals surface area contributed by atoms with Crippen molar-refractivity contribution in [1.29, 1.82) is 0 Å². The minimum atomic E-state index is 0.333. The van der Waals surface area contributed by atoms with Gasteiger partial charge in [0.05, 0.1) is 18.5 Å². The second-order valence-corrected chi connectivity index (χ2v) is 5.05. The number of aromatic nitrogens is 1. The summed E-state index contributed by atoms with van der Waals surface area (Å²) in [6, 6.07) is 4.39. The number of rotatable bonds is 8. The molecular formula is C15H26N2O. The molecule has 1 rings (SSSR count). The van der Waals surface area contributed by atoms with Gasteiger partial charge in [-0.2, -0.15) is 0 Å². The Morgan fingerprint density at radius 1 is 1.33 bits per heavy atom. The van der Waals surface area contributed by atoms with Crippen molar-refractivity contribution in [1.82, 2.24) is 10.3 Å². The van der Waals surface area contributed by atoms with E-state index in [1.807, 2.05) is 25.4 Å². The Morgan fingerprint density at radius 3 is 2.61 bits per heavy atom. The Hall–Kier alpha value is -1.09. The molecule has 102 valence electrons. The first-order chi connectivity index (χ1) is 8.67. The van der Waals surface area contributed by atoms with E-state index in [0.717, 1.165) is 36.8 Å². The van der Waals surface area contributed by atoms with E-state index in [9.17, 15) is 0 Å². The Bertz CT molecular complexity index is 318. The summed E-state index contributed by atoms with van der Waals surface area (Å²) in [5.41, 5.74) is 1.08. The Balaban J connectivity index is 2.40. The first kappa shape index (κ1) is 15.0. The van der Waals surface area contributed by atoms with Gasteiger partial charge in [0, 0.05) is 6.04 Å². The molecule has 1 N–H and O–H groups in total. The van der Waals surface area contributed by atoms with Crippen LogP contribution in [0.5, 0.6) is 5.75 Å². The molecule has 1 heterocycles. The zero-order valence-corrected chi connectivity index (χ0v) is 12.1. The number of pyridine rings is 1. The number of nitrogens with zero attached hydrogens (tertiary/aromatic N) is 1. The van der Waals surface area contributed by atoms with Gasteiger partial charge in [-0.1, -0.05) is 20.8 Å². The fourth-order valence-electron chi connectivity index (χ4n) is 1.93. The molecule has 1 aromatic heterocycles. The number of hydrogen-bond donors (Lipinski definition) is 1. The largest absolute Gasteiger partial charge is 0.492 e. The molecule has 0 spiro atoms. The standard InChI is InChI=1S/C15H26N2O/c1-5-14(16-4)15-9-8-13(11-17-15)18-10-6-7-12(2)3/h8-9,11-12,14,16H,5-7,10H2,1-4H3. The normalized spacial score (nSPS) is 12.7. The maximum absolute atomic E-state index is 5.68. The lowest BCUT2D eigenvalue weighted by Gasteiger charge is -2.13. The first-order valence-electron chi connectivity index (χ1n) is 6.93. The minimum absolute atomic E-state index is 0.333. The fraction of sp³-hybridized carbons (Fsp3) is 0.667.